The molecule has 1 unspecified atom stereocenters. The first kappa shape index (κ1) is 9.86. The van der Waals surface area contributed by atoms with Gasteiger partial charge in [0.05, 0.1) is 6.04 Å². The number of nitrogens with one attached hydrogen (secondary N) is 1. The average Bonchev–Trinajstić information content (AvgIpc) is 2.58. The summed E-state index contributed by atoms with van der Waals surface area (Å²) in [5.74, 6) is 2.09. The summed E-state index contributed by atoms with van der Waals surface area (Å²) in [4.78, 5) is 13.5. The molecular weight excluding hydrogens is 172 g/mol. The second kappa shape index (κ2) is 4.72. The van der Waals surface area contributed by atoms with Crippen LogP contribution in [0.2, 0.25) is 0 Å². The molecule has 1 amide bonds. The molecular formula is C8H16N2OS. The summed E-state index contributed by atoms with van der Waals surface area (Å²) >= 11 is 1.79. The summed E-state index contributed by atoms with van der Waals surface area (Å²) in [6.07, 6.45) is 0. The van der Waals surface area contributed by atoms with Gasteiger partial charge < -0.3 is 4.90 Å². The Morgan fingerprint density at radius 3 is 2.67 bits per heavy atom. The van der Waals surface area contributed by atoms with Gasteiger partial charge in [-0.3, -0.25) is 10.1 Å². The molecule has 1 aliphatic rings. The molecule has 4 heteroatoms. The van der Waals surface area contributed by atoms with Gasteiger partial charge in [-0.2, -0.15) is 0 Å². The molecule has 70 valence electrons. The van der Waals surface area contributed by atoms with E-state index in [1.807, 2.05) is 18.7 Å². The van der Waals surface area contributed by atoms with E-state index in [4.69, 9.17) is 0 Å². The minimum Gasteiger partial charge on any atom is -0.342 e. The standard InChI is InChI=1S/C8H16N2OS/c1-3-10(4-2)8(11)7-5-12-6-9-7/h7,9H,3-6H2,1-2H3. The van der Waals surface area contributed by atoms with E-state index in [-0.39, 0.29) is 11.9 Å². The van der Waals surface area contributed by atoms with Crippen LogP contribution in [-0.4, -0.2) is 41.6 Å². The highest BCUT2D eigenvalue weighted by Gasteiger charge is 2.25. The number of hydrogen-bond acceptors (Lipinski definition) is 3. The molecule has 1 fully saturated rings. The molecule has 3 nitrogen and oxygen atoms in total. The number of amides is 1. The lowest BCUT2D eigenvalue weighted by Gasteiger charge is -2.21. The summed E-state index contributed by atoms with van der Waals surface area (Å²) in [7, 11) is 0. The Morgan fingerprint density at radius 2 is 2.25 bits per heavy atom. The van der Waals surface area contributed by atoms with Crippen LogP contribution in [0.5, 0.6) is 0 Å². The van der Waals surface area contributed by atoms with Gasteiger partial charge >= 0.3 is 0 Å². The van der Waals surface area contributed by atoms with Gasteiger partial charge in [0.15, 0.2) is 0 Å². The molecule has 0 radical (unpaired) electrons. The van der Waals surface area contributed by atoms with Crippen molar-refractivity contribution < 1.29 is 4.79 Å². The summed E-state index contributed by atoms with van der Waals surface area (Å²) < 4.78 is 0. The van der Waals surface area contributed by atoms with Crippen molar-refractivity contribution in [1.82, 2.24) is 10.2 Å². The molecule has 0 aromatic carbocycles. The third kappa shape index (κ3) is 2.14. The Hall–Kier alpha value is -0.220. The molecule has 0 aromatic rings. The maximum Gasteiger partial charge on any atom is 0.240 e. The Bertz CT molecular complexity index is 149. The van der Waals surface area contributed by atoms with Crippen LogP contribution >= 0.6 is 11.8 Å². The quantitative estimate of drug-likeness (QED) is 0.700. The zero-order valence-electron chi connectivity index (χ0n) is 7.67. The van der Waals surface area contributed by atoms with E-state index in [1.165, 1.54) is 0 Å². The summed E-state index contributed by atoms with van der Waals surface area (Å²) in [5.41, 5.74) is 0. The van der Waals surface area contributed by atoms with Crippen molar-refractivity contribution in [1.29, 1.82) is 0 Å². The van der Waals surface area contributed by atoms with Crippen molar-refractivity contribution in [2.45, 2.75) is 19.9 Å². The third-order valence-electron chi connectivity index (χ3n) is 2.09. The molecule has 1 N–H and O–H groups in total. The monoisotopic (exact) mass is 188 g/mol. The number of likely N-dealkylation sites (N-methyl/N-ethyl adjacent to an activating group) is 1. The van der Waals surface area contributed by atoms with E-state index in [2.05, 4.69) is 5.32 Å². The SMILES string of the molecule is CCN(CC)C(=O)C1CSCN1. The fraction of sp³-hybridized carbons (Fsp3) is 0.875. The second-order valence-electron chi connectivity index (χ2n) is 2.78. The maximum absolute atomic E-state index is 11.7. The number of carbonyl (C=O) groups is 1. The number of rotatable bonds is 3. The van der Waals surface area contributed by atoms with Crippen LogP contribution in [0.1, 0.15) is 13.8 Å². The van der Waals surface area contributed by atoms with Crippen molar-refractivity contribution in [2.75, 3.05) is 24.7 Å². The first-order valence-electron chi connectivity index (χ1n) is 4.39. The number of nitrogens with zero attached hydrogens (tertiary/aromatic N) is 1. The lowest BCUT2D eigenvalue weighted by Crippen LogP contribution is -2.44. The van der Waals surface area contributed by atoms with E-state index in [9.17, 15) is 4.79 Å². The smallest absolute Gasteiger partial charge is 0.240 e. The fourth-order valence-electron chi connectivity index (χ4n) is 1.31. The zero-order valence-corrected chi connectivity index (χ0v) is 8.49. The summed E-state index contributed by atoms with van der Waals surface area (Å²) in [6, 6.07) is 0.0647. The molecule has 0 spiro atoms. The first-order chi connectivity index (χ1) is 5.79. The van der Waals surface area contributed by atoms with Gasteiger partial charge in [-0.25, -0.2) is 0 Å². The van der Waals surface area contributed by atoms with Gasteiger partial charge in [0.25, 0.3) is 0 Å². The van der Waals surface area contributed by atoms with Crippen LogP contribution in [0.25, 0.3) is 0 Å². The van der Waals surface area contributed by atoms with Crippen molar-refractivity contribution in [3.8, 4) is 0 Å². The molecule has 0 aromatic heterocycles. The van der Waals surface area contributed by atoms with E-state index in [0.717, 1.165) is 24.7 Å². The maximum atomic E-state index is 11.7. The fourth-order valence-corrected chi connectivity index (χ4v) is 2.24. The number of carbonyl (C=O) groups excluding carboxylic acids is 1. The molecule has 1 saturated heterocycles. The Balaban J connectivity index is 2.43. The van der Waals surface area contributed by atoms with E-state index >= 15 is 0 Å². The molecule has 0 saturated carbocycles. The molecule has 0 bridgehead atoms. The van der Waals surface area contributed by atoms with Gasteiger partial charge in [0, 0.05) is 24.7 Å². The summed E-state index contributed by atoms with van der Waals surface area (Å²) in [6.45, 7) is 5.67. The topological polar surface area (TPSA) is 32.3 Å². The molecule has 1 aliphatic heterocycles. The summed E-state index contributed by atoms with van der Waals surface area (Å²) in [5, 5.41) is 3.18. The molecule has 1 atom stereocenters. The predicted octanol–water partition coefficient (Wildman–Crippen LogP) is 0.517. The minimum absolute atomic E-state index is 0.0647. The number of thioether (sulfide) groups is 1. The van der Waals surface area contributed by atoms with Crippen LogP contribution < -0.4 is 5.32 Å². The van der Waals surface area contributed by atoms with Crippen molar-refractivity contribution >= 4 is 17.7 Å². The largest absolute Gasteiger partial charge is 0.342 e. The van der Waals surface area contributed by atoms with Gasteiger partial charge in [0.1, 0.15) is 0 Å². The molecule has 0 aliphatic carbocycles. The van der Waals surface area contributed by atoms with E-state index in [0.29, 0.717) is 0 Å². The van der Waals surface area contributed by atoms with Crippen LogP contribution in [0, 0.1) is 0 Å². The average molecular weight is 188 g/mol. The highest BCUT2D eigenvalue weighted by atomic mass is 32.2. The molecule has 1 heterocycles. The van der Waals surface area contributed by atoms with Crippen LogP contribution in [0.15, 0.2) is 0 Å². The highest BCUT2D eigenvalue weighted by molar-refractivity contribution is 7.99. The molecule has 12 heavy (non-hydrogen) atoms. The van der Waals surface area contributed by atoms with Crippen LogP contribution in [0.4, 0.5) is 0 Å². The second-order valence-corrected chi connectivity index (χ2v) is 3.81. The number of hydrogen-bond donors (Lipinski definition) is 1. The van der Waals surface area contributed by atoms with Crippen molar-refractivity contribution in [2.24, 2.45) is 0 Å². The lowest BCUT2D eigenvalue weighted by molar-refractivity contribution is -0.132. The lowest BCUT2D eigenvalue weighted by atomic mass is 10.3. The first-order valence-corrected chi connectivity index (χ1v) is 5.55. The Labute approximate surface area is 77.9 Å². The van der Waals surface area contributed by atoms with Gasteiger partial charge in [-0.15, -0.1) is 11.8 Å². The van der Waals surface area contributed by atoms with Gasteiger partial charge in [-0.1, -0.05) is 0 Å². The molecule has 1 rings (SSSR count). The van der Waals surface area contributed by atoms with Gasteiger partial charge in [0.2, 0.25) is 5.91 Å². The van der Waals surface area contributed by atoms with Crippen LogP contribution in [-0.2, 0) is 4.79 Å². The highest BCUT2D eigenvalue weighted by Crippen LogP contribution is 2.11. The van der Waals surface area contributed by atoms with Crippen molar-refractivity contribution in [3.63, 3.8) is 0 Å². The van der Waals surface area contributed by atoms with Gasteiger partial charge in [-0.05, 0) is 13.8 Å². The third-order valence-corrected chi connectivity index (χ3v) is 3.03. The Morgan fingerprint density at radius 1 is 1.58 bits per heavy atom. The van der Waals surface area contributed by atoms with Crippen LogP contribution in [0.3, 0.4) is 0 Å². The predicted molar refractivity (Wildman–Crippen MR) is 52.2 cm³/mol. The zero-order chi connectivity index (χ0) is 8.97. The normalized spacial score (nSPS) is 22.7. The van der Waals surface area contributed by atoms with E-state index in [1.54, 1.807) is 11.8 Å². The van der Waals surface area contributed by atoms with E-state index < -0.39 is 0 Å². The van der Waals surface area contributed by atoms with Crippen molar-refractivity contribution in [3.05, 3.63) is 0 Å². The minimum atomic E-state index is 0.0647. The Kier molecular flexibility index (Phi) is 3.88.